The number of nitrogens with zero attached hydrogens (tertiary/aromatic N) is 2. The van der Waals surface area contributed by atoms with Gasteiger partial charge in [-0.05, 0) is 30.4 Å². The highest BCUT2D eigenvalue weighted by molar-refractivity contribution is 6.03. The number of rotatable bonds is 8. The summed E-state index contributed by atoms with van der Waals surface area (Å²) in [6, 6.07) is 5.52. The Balaban J connectivity index is 1.43. The Hall–Kier alpha value is -3.03. The molecule has 26 heavy (non-hydrogen) atoms. The molecular formula is C18H21N5O3. The fraction of sp³-hybridized carbons (Fsp3) is 0.389. The van der Waals surface area contributed by atoms with Crippen molar-refractivity contribution in [3.63, 3.8) is 0 Å². The first-order chi connectivity index (χ1) is 12.5. The molecule has 0 saturated heterocycles. The highest BCUT2D eigenvalue weighted by Gasteiger charge is 2.37. The van der Waals surface area contributed by atoms with E-state index in [-0.39, 0.29) is 24.7 Å². The van der Waals surface area contributed by atoms with Gasteiger partial charge in [-0.3, -0.25) is 19.4 Å². The zero-order valence-corrected chi connectivity index (χ0v) is 14.3. The molecule has 0 spiro atoms. The molecule has 2 atom stereocenters. The largest absolute Gasteiger partial charge is 0.370 e. The van der Waals surface area contributed by atoms with E-state index in [0.29, 0.717) is 36.1 Å². The first-order valence-electron chi connectivity index (χ1n) is 8.57. The predicted molar refractivity (Wildman–Crippen MR) is 94.9 cm³/mol. The van der Waals surface area contributed by atoms with Crippen LogP contribution in [0.15, 0.2) is 30.6 Å². The molecular weight excluding hydrogens is 334 g/mol. The number of primary amides is 1. The Morgan fingerprint density at radius 3 is 2.58 bits per heavy atom. The van der Waals surface area contributed by atoms with Crippen LogP contribution in [0.25, 0.3) is 10.9 Å². The number of hydrogen-bond donors (Lipinski definition) is 3. The number of aromatic nitrogens is 2. The molecule has 3 rings (SSSR count). The summed E-state index contributed by atoms with van der Waals surface area (Å²) in [5, 5.41) is 6.56. The Labute approximate surface area is 150 Å². The molecule has 1 aliphatic carbocycles. The summed E-state index contributed by atoms with van der Waals surface area (Å²) in [6.45, 7) is 1.08. The minimum absolute atomic E-state index is 0.0576. The third-order valence-corrected chi connectivity index (χ3v) is 4.49. The Bertz CT molecular complexity index is 833. The lowest BCUT2D eigenvalue weighted by Gasteiger charge is -2.07. The number of fused-ring (bicyclic) bond motifs is 1. The fourth-order valence-corrected chi connectivity index (χ4v) is 2.86. The molecule has 8 heteroatoms. The summed E-state index contributed by atoms with van der Waals surface area (Å²) in [7, 11) is 0. The number of amides is 3. The summed E-state index contributed by atoms with van der Waals surface area (Å²) in [4.78, 5) is 43.0. The second-order valence-electron chi connectivity index (χ2n) is 6.47. The van der Waals surface area contributed by atoms with Crippen LogP contribution in [0.5, 0.6) is 0 Å². The summed E-state index contributed by atoms with van der Waals surface area (Å²) >= 11 is 0. The van der Waals surface area contributed by atoms with Crippen LogP contribution in [0.1, 0.15) is 29.8 Å². The van der Waals surface area contributed by atoms with Gasteiger partial charge in [0, 0.05) is 43.7 Å². The molecule has 8 nitrogen and oxygen atoms in total. The van der Waals surface area contributed by atoms with E-state index < -0.39 is 5.91 Å². The van der Waals surface area contributed by atoms with Crippen LogP contribution in [0, 0.1) is 11.8 Å². The zero-order valence-electron chi connectivity index (χ0n) is 14.3. The van der Waals surface area contributed by atoms with E-state index in [1.54, 1.807) is 12.4 Å². The molecule has 136 valence electrons. The summed E-state index contributed by atoms with van der Waals surface area (Å²) < 4.78 is 0. The van der Waals surface area contributed by atoms with Gasteiger partial charge in [-0.1, -0.05) is 6.07 Å². The minimum Gasteiger partial charge on any atom is -0.370 e. The second-order valence-corrected chi connectivity index (χ2v) is 6.47. The summed E-state index contributed by atoms with van der Waals surface area (Å²) in [5.74, 6) is -0.233. The highest BCUT2D eigenvalue weighted by Crippen LogP contribution is 2.37. The molecule has 4 N–H and O–H groups in total. The monoisotopic (exact) mass is 355 g/mol. The highest BCUT2D eigenvalue weighted by atomic mass is 16.2. The van der Waals surface area contributed by atoms with Gasteiger partial charge in [0.2, 0.25) is 11.8 Å². The van der Waals surface area contributed by atoms with Crippen molar-refractivity contribution in [2.24, 2.45) is 17.6 Å². The first-order valence-corrected chi connectivity index (χ1v) is 8.57. The van der Waals surface area contributed by atoms with Crippen molar-refractivity contribution in [3.05, 3.63) is 36.3 Å². The van der Waals surface area contributed by atoms with Crippen molar-refractivity contribution >= 4 is 28.6 Å². The molecule has 0 bridgehead atoms. The van der Waals surface area contributed by atoms with E-state index in [2.05, 4.69) is 20.6 Å². The van der Waals surface area contributed by atoms with Gasteiger partial charge in [-0.2, -0.15) is 0 Å². The van der Waals surface area contributed by atoms with E-state index in [9.17, 15) is 14.4 Å². The van der Waals surface area contributed by atoms with Crippen LogP contribution in [0.3, 0.4) is 0 Å². The topological polar surface area (TPSA) is 127 Å². The normalized spacial score (nSPS) is 18.3. The number of carbonyl (C=O) groups is 3. The average molecular weight is 355 g/mol. The minimum atomic E-state index is -0.483. The van der Waals surface area contributed by atoms with E-state index >= 15 is 0 Å². The number of pyridine rings is 2. The van der Waals surface area contributed by atoms with Crippen LogP contribution in [0.4, 0.5) is 0 Å². The predicted octanol–water partition coefficient (Wildman–Crippen LogP) is 0.377. The standard InChI is InChI=1S/C18H21N5O3/c19-14(24)3-4-15(25)22-9-12-8-13(12)10-23-18(26)17-16-11(5-7-21-17)2-1-6-20-16/h1-2,5-7,12-13H,3-4,8-10H2,(H2,19,24)(H,22,25)(H,23,26). The van der Waals surface area contributed by atoms with Crippen molar-refractivity contribution in [2.45, 2.75) is 19.3 Å². The second kappa shape index (κ2) is 7.90. The first kappa shape index (κ1) is 17.8. The molecule has 2 aromatic heterocycles. The number of carbonyl (C=O) groups excluding carboxylic acids is 3. The lowest BCUT2D eigenvalue weighted by atomic mass is 10.2. The summed E-state index contributed by atoms with van der Waals surface area (Å²) in [5.41, 5.74) is 5.92. The molecule has 2 aromatic rings. The number of hydrogen-bond acceptors (Lipinski definition) is 5. The lowest BCUT2D eigenvalue weighted by Crippen LogP contribution is -2.29. The maximum Gasteiger partial charge on any atom is 0.272 e. The SMILES string of the molecule is NC(=O)CCC(=O)NCC1CC1CNC(=O)c1nccc2cccnc12. The van der Waals surface area contributed by atoms with Gasteiger partial charge in [-0.15, -0.1) is 0 Å². The smallest absolute Gasteiger partial charge is 0.272 e. The molecule has 1 saturated carbocycles. The van der Waals surface area contributed by atoms with E-state index in [0.717, 1.165) is 11.8 Å². The maximum absolute atomic E-state index is 12.4. The number of nitrogens with one attached hydrogen (secondary N) is 2. The zero-order chi connectivity index (χ0) is 18.5. The van der Waals surface area contributed by atoms with E-state index in [4.69, 9.17) is 5.73 Å². The van der Waals surface area contributed by atoms with Gasteiger partial charge in [0.15, 0.2) is 5.69 Å². The van der Waals surface area contributed by atoms with Crippen molar-refractivity contribution in [1.82, 2.24) is 20.6 Å². The molecule has 2 unspecified atom stereocenters. The Morgan fingerprint density at radius 2 is 1.81 bits per heavy atom. The van der Waals surface area contributed by atoms with Crippen molar-refractivity contribution in [3.8, 4) is 0 Å². The van der Waals surface area contributed by atoms with Gasteiger partial charge in [-0.25, -0.2) is 4.98 Å². The maximum atomic E-state index is 12.4. The van der Waals surface area contributed by atoms with Gasteiger partial charge < -0.3 is 16.4 Å². The quantitative estimate of drug-likeness (QED) is 0.631. The van der Waals surface area contributed by atoms with E-state index in [1.807, 2.05) is 18.2 Å². The van der Waals surface area contributed by atoms with Crippen molar-refractivity contribution in [1.29, 1.82) is 0 Å². The van der Waals surface area contributed by atoms with Crippen LogP contribution in [0.2, 0.25) is 0 Å². The van der Waals surface area contributed by atoms with E-state index in [1.165, 1.54) is 0 Å². The van der Waals surface area contributed by atoms with Gasteiger partial charge >= 0.3 is 0 Å². The van der Waals surface area contributed by atoms with Crippen LogP contribution < -0.4 is 16.4 Å². The van der Waals surface area contributed by atoms with Gasteiger partial charge in [0.1, 0.15) is 5.52 Å². The Kier molecular flexibility index (Phi) is 5.40. The molecule has 1 aliphatic rings. The van der Waals surface area contributed by atoms with Crippen LogP contribution in [-0.4, -0.2) is 40.8 Å². The van der Waals surface area contributed by atoms with Crippen molar-refractivity contribution < 1.29 is 14.4 Å². The van der Waals surface area contributed by atoms with Crippen LogP contribution >= 0.6 is 0 Å². The fourth-order valence-electron chi connectivity index (χ4n) is 2.86. The molecule has 0 aromatic carbocycles. The molecule has 2 heterocycles. The Morgan fingerprint density at radius 1 is 1.04 bits per heavy atom. The molecule has 0 radical (unpaired) electrons. The average Bonchev–Trinajstić information content (AvgIpc) is 3.40. The molecule has 3 amide bonds. The van der Waals surface area contributed by atoms with Gasteiger partial charge in [0.05, 0.1) is 0 Å². The third kappa shape index (κ3) is 4.53. The molecule has 1 fully saturated rings. The molecule has 0 aliphatic heterocycles. The van der Waals surface area contributed by atoms with Crippen LogP contribution in [-0.2, 0) is 9.59 Å². The van der Waals surface area contributed by atoms with Gasteiger partial charge in [0.25, 0.3) is 5.91 Å². The summed E-state index contributed by atoms with van der Waals surface area (Å²) in [6.07, 6.45) is 4.35. The van der Waals surface area contributed by atoms with Crippen molar-refractivity contribution in [2.75, 3.05) is 13.1 Å². The lowest BCUT2D eigenvalue weighted by molar-refractivity contribution is -0.125. The third-order valence-electron chi connectivity index (χ3n) is 4.49. The number of nitrogens with two attached hydrogens (primary N) is 1.